The number of fused-ring (bicyclic) bond motifs is 1. The third kappa shape index (κ3) is 4.41. The standard InChI is InChI=1S/C26H31N5O5/c1-26(2,3)22(14-10-11-17-18(12-14)36-13-35-17)29-20-19(24(33)31(6)25(20)34)28-16-9-7-8-15(21(16)32)23(27)30(4)5/h7-12,22,27-29,32H,13H2,1-6H3/t22-/m0/s1. The first-order chi connectivity index (χ1) is 16.9. The summed E-state index contributed by atoms with van der Waals surface area (Å²) in [6.07, 6.45) is 0. The minimum atomic E-state index is -0.534. The Balaban J connectivity index is 1.75. The summed E-state index contributed by atoms with van der Waals surface area (Å²) in [6, 6.07) is 10.1. The number of benzene rings is 2. The topological polar surface area (TPSA) is 127 Å². The van der Waals surface area contributed by atoms with Gasteiger partial charge < -0.3 is 30.1 Å². The summed E-state index contributed by atoms with van der Waals surface area (Å²) in [4.78, 5) is 28.8. The maximum absolute atomic E-state index is 13.1. The molecule has 10 heteroatoms. The van der Waals surface area contributed by atoms with Gasteiger partial charge >= 0.3 is 0 Å². The molecule has 0 unspecified atom stereocenters. The fourth-order valence-electron chi connectivity index (χ4n) is 4.14. The van der Waals surface area contributed by atoms with Crippen LogP contribution < -0.4 is 20.1 Å². The maximum Gasteiger partial charge on any atom is 0.279 e. The number of amidine groups is 1. The zero-order valence-corrected chi connectivity index (χ0v) is 21.2. The molecule has 2 aliphatic rings. The van der Waals surface area contributed by atoms with Gasteiger partial charge in [-0.1, -0.05) is 32.9 Å². The van der Waals surface area contributed by atoms with Crippen LogP contribution in [0.1, 0.15) is 37.9 Å². The van der Waals surface area contributed by atoms with Crippen LogP contribution in [0, 0.1) is 10.8 Å². The van der Waals surface area contributed by atoms with Crippen LogP contribution in [-0.4, -0.2) is 60.5 Å². The number of carbonyl (C=O) groups excluding carboxylic acids is 2. The van der Waals surface area contributed by atoms with Crippen molar-refractivity contribution >= 4 is 23.3 Å². The molecule has 2 amide bonds. The van der Waals surface area contributed by atoms with Gasteiger partial charge in [0.1, 0.15) is 23.0 Å². The van der Waals surface area contributed by atoms with Gasteiger partial charge in [-0.3, -0.25) is 19.9 Å². The Labute approximate surface area is 210 Å². The minimum absolute atomic E-state index is 0.0151. The second-order valence-corrected chi connectivity index (χ2v) is 10.0. The maximum atomic E-state index is 13.1. The second-order valence-electron chi connectivity index (χ2n) is 10.0. The molecule has 2 aliphatic heterocycles. The minimum Gasteiger partial charge on any atom is -0.505 e. The Kier molecular flexibility index (Phi) is 6.30. The van der Waals surface area contributed by atoms with Gasteiger partial charge in [-0.25, -0.2) is 0 Å². The summed E-state index contributed by atoms with van der Waals surface area (Å²) >= 11 is 0. The Bertz CT molecular complexity index is 1280. The van der Waals surface area contributed by atoms with E-state index in [0.717, 1.165) is 10.5 Å². The molecule has 0 radical (unpaired) electrons. The number of hydrogen-bond donors (Lipinski definition) is 4. The number of nitrogens with zero attached hydrogens (tertiary/aromatic N) is 2. The van der Waals surface area contributed by atoms with Gasteiger partial charge in [0.05, 0.1) is 17.3 Å². The summed E-state index contributed by atoms with van der Waals surface area (Å²) in [6.45, 7) is 6.22. The van der Waals surface area contributed by atoms with Crippen molar-refractivity contribution < 1.29 is 24.2 Å². The van der Waals surface area contributed by atoms with Crippen molar-refractivity contribution in [1.82, 2.24) is 15.1 Å². The Morgan fingerprint density at radius 3 is 2.42 bits per heavy atom. The molecular formula is C26H31N5O5. The molecule has 2 aromatic rings. The third-order valence-electron chi connectivity index (χ3n) is 6.17. The lowest BCUT2D eigenvalue weighted by molar-refractivity contribution is -0.136. The lowest BCUT2D eigenvalue weighted by atomic mass is 9.82. The molecule has 36 heavy (non-hydrogen) atoms. The number of phenolic OH excluding ortho intramolecular Hbond substituents is 1. The molecule has 1 atom stereocenters. The number of rotatable bonds is 6. The molecule has 2 heterocycles. The molecule has 0 aromatic heterocycles. The van der Waals surface area contributed by atoms with Crippen LogP contribution in [0.15, 0.2) is 47.8 Å². The Morgan fingerprint density at radius 2 is 1.75 bits per heavy atom. The van der Waals surface area contributed by atoms with Crippen LogP contribution in [-0.2, 0) is 9.59 Å². The van der Waals surface area contributed by atoms with Crippen LogP contribution >= 0.6 is 0 Å². The van der Waals surface area contributed by atoms with Crippen molar-refractivity contribution in [2.45, 2.75) is 26.8 Å². The van der Waals surface area contributed by atoms with Gasteiger partial charge in [0.25, 0.3) is 11.8 Å². The molecule has 0 fully saturated rings. The molecule has 2 aromatic carbocycles. The summed E-state index contributed by atoms with van der Waals surface area (Å²) in [5.74, 6) is 0.152. The first-order valence-electron chi connectivity index (χ1n) is 11.5. The zero-order valence-electron chi connectivity index (χ0n) is 21.2. The largest absolute Gasteiger partial charge is 0.505 e. The molecule has 4 N–H and O–H groups in total. The number of likely N-dealkylation sites (N-methyl/N-ethyl adjacent to an activating group) is 1. The summed E-state index contributed by atoms with van der Waals surface area (Å²) in [5, 5.41) is 25.3. The number of amides is 2. The fraction of sp³-hybridized carbons (Fsp3) is 0.346. The smallest absolute Gasteiger partial charge is 0.279 e. The lowest BCUT2D eigenvalue weighted by Crippen LogP contribution is -2.36. The number of anilines is 1. The van der Waals surface area contributed by atoms with Crippen molar-refractivity contribution in [3.05, 3.63) is 58.9 Å². The summed E-state index contributed by atoms with van der Waals surface area (Å²) in [7, 11) is 4.80. The van der Waals surface area contributed by atoms with E-state index in [9.17, 15) is 14.7 Å². The molecular weight excluding hydrogens is 462 g/mol. The first-order valence-corrected chi connectivity index (χ1v) is 11.5. The first kappa shape index (κ1) is 24.9. The average molecular weight is 494 g/mol. The monoisotopic (exact) mass is 493 g/mol. The predicted molar refractivity (Wildman–Crippen MR) is 135 cm³/mol. The number of hydrogen-bond acceptors (Lipinski definition) is 8. The number of imide groups is 1. The number of aromatic hydroxyl groups is 1. The van der Waals surface area contributed by atoms with E-state index in [4.69, 9.17) is 14.9 Å². The number of phenols is 1. The predicted octanol–water partition coefficient (Wildman–Crippen LogP) is 3.01. The van der Waals surface area contributed by atoms with E-state index in [1.807, 2.05) is 39.0 Å². The number of ether oxygens (including phenoxy) is 2. The normalized spacial score (nSPS) is 15.9. The van der Waals surface area contributed by atoms with E-state index in [1.54, 1.807) is 37.2 Å². The van der Waals surface area contributed by atoms with Crippen molar-refractivity contribution in [2.24, 2.45) is 5.41 Å². The number of carbonyl (C=O) groups is 2. The highest BCUT2D eigenvalue weighted by atomic mass is 16.7. The second kappa shape index (κ2) is 9.10. The highest BCUT2D eigenvalue weighted by Gasteiger charge is 2.40. The van der Waals surface area contributed by atoms with Crippen molar-refractivity contribution in [1.29, 1.82) is 5.41 Å². The lowest BCUT2D eigenvalue weighted by Gasteiger charge is -2.33. The molecule has 4 rings (SSSR count). The third-order valence-corrected chi connectivity index (χ3v) is 6.17. The molecule has 0 saturated heterocycles. The quantitative estimate of drug-likeness (QED) is 0.209. The summed E-state index contributed by atoms with van der Waals surface area (Å²) in [5.41, 5.74) is 1.10. The van der Waals surface area contributed by atoms with Crippen LogP contribution in [0.25, 0.3) is 0 Å². The SMILES string of the molecule is CN(C)C(=N)c1cccc(NC2=C(N[C@@H](c3ccc4c(c3)OCO4)C(C)(C)C)C(=O)N(C)C2=O)c1O. The van der Waals surface area contributed by atoms with Crippen molar-refractivity contribution in [3.8, 4) is 17.2 Å². The molecule has 0 saturated carbocycles. The molecule has 10 nitrogen and oxygen atoms in total. The van der Waals surface area contributed by atoms with E-state index in [0.29, 0.717) is 11.5 Å². The van der Waals surface area contributed by atoms with E-state index >= 15 is 0 Å². The molecule has 190 valence electrons. The van der Waals surface area contributed by atoms with E-state index in [1.165, 1.54) is 7.05 Å². The molecule has 0 aliphatic carbocycles. The summed E-state index contributed by atoms with van der Waals surface area (Å²) < 4.78 is 11.0. The number of nitrogens with one attached hydrogen (secondary N) is 3. The van der Waals surface area contributed by atoms with Crippen LogP contribution in [0.2, 0.25) is 0 Å². The van der Waals surface area contributed by atoms with Gasteiger partial charge in [-0.15, -0.1) is 0 Å². The van der Waals surface area contributed by atoms with Gasteiger partial charge in [-0.05, 0) is 35.2 Å². The van der Waals surface area contributed by atoms with Gasteiger partial charge in [0, 0.05) is 21.1 Å². The van der Waals surface area contributed by atoms with Gasteiger partial charge in [0.2, 0.25) is 6.79 Å². The average Bonchev–Trinajstić information content (AvgIpc) is 3.36. The van der Waals surface area contributed by atoms with Crippen LogP contribution in [0.4, 0.5) is 5.69 Å². The van der Waals surface area contributed by atoms with Crippen LogP contribution in [0.5, 0.6) is 17.2 Å². The van der Waals surface area contributed by atoms with E-state index in [2.05, 4.69) is 10.6 Å². The Morgan fingerprint density at radius 1 is 1.08 bits per heavy atom. The highest BCUT2D eigenvalue weighted by Crippen LogP contribution is 2.40. The van der Waals surface area contributed by atoms with Gasteiger partial charge in [0.15, 0.2) is 11.5 Å². The van der Waals surface area contributed by atoms with Crippen molar-refractivity contribution in [2.75, 3.05) is 33.3 Å². The Hall–Kier alpha value is -4.21. The van der Waals surface area contributed by atoms with Crippen molar-refractivity contribution in [3.63, 3.8) is 0 Å². The highest BCUT2D eigenvalue weighted by molar-refractivity contribution is 6.20. The van der Waals surface area contributed by atoms with Gasteiger partial charge in [-0.2, -0.15) is 0 Å². The zero-order chi connectivity index (χ0) is 26.4. The molecule has 0 spiro atoms. The van der Waals surface area contributed by atoms with E-state index in [-0.39, 0.29) is 52.5 Å². The van der Waals surface area contributed by atoms with E-state index < -0.39 is 11.8 Å². The number of para-hydroxylation sites is 1. The van der Waals surface area contributed by atoms with Crippen LogP contribution in [0.3, 0.4) is 0 Å². The fourth-order valence-corrected chi connectivity index (χ4v) is 4.14. The molecule has 0 bridgehead atoms.